The van der Waals surface area contributed by atoms with E-state index in [1.54, 1.807) is 25.3 Å². The van der Waals surface area contributed by atoms with Gasteiger partial charge in [0.25, 0.3) is 5.91 Å². The maximum atomic E-state index is 12.1. The van der Waals surface area contributed by atoms with Crippen LogP contribution in [0.5, 0.6) is 5.75 Å². The average molecular weight is 371 g/mol. The van der Waals surface area contributed by atoms with Gasteiger partial charge in [-0.3, -0.25) is 4.79 Å². The molecule has 1 aromatic carbocycles. The van der Waals surface area contributed by atoms with Crippen molar-refractivity contribution >= 4 is 44.0 Å². The average Bonchev–Trinajstić information content (AvgIpc) is 2.94. The Hall–Kier alpha value is -1.67. The maximum absolute atomic E-state index is 12.1. The van der Waals surface area contributed by atoms with Crippen LogP contribution in [0.1, 0.15) is 23.1 Å². The van der Waals surface area contributed by atoms with Crippen LogP contribution in [-0.2, 0) is 0 Å². The van der Waals surface area contributed by atoms with Gasteiger partial charge in [-0.2, -0.15) is 0 Å². The molecule has 0 fully saturated rings. The summed E-state index contributed by atoms with van der Waals surface area (Å²) in [7, 11) is 1.59. The fourth-order valence-corrected chi connectivity index (χ4v) is 2.75. The van der Waals surface area contributed by atoms with Crippen molar-refractivity contribution in [3.05, 3.63) is 27.7 Å². The number of amides is 1. The molecule has 0 aliphatic heterocycles. The van der Waals surface area contributed by atoms with E-state index in [0.29, 0.717) is 21.6 Å². The predicted molar refractivity (Wildman–Crippen MR) is 87.3 cm³/mol. The van der Waals surface area contributed by atoms with Crippen LogP contribution in [0.4, 0.5) is 10.8 Å². The van der Waals surface area contributed by atoms with E-state index in [2.05, 4.69) is 43.7 Å². The monoisotopic (exact) mass is 370 g/mol. The molecule has 0 bridgehead atoms. The lowest BCUT2D eigenvalue weighted by Crippen LogP contribution is -2.11. The molecule has 2 N–H and O–H groups in total. The van der Waals surface area contributed by atoms with Crippen LogP contribution in [0.25, 0.3) is 0 Å². The number of methoxy groups -OCH3 is 1. The van der Waals surface area contributed by atoms with Gasteiger partial charge in [-0.05, 0) is 40.5 Å². The summed E-state index contributed by atoms with van der Waals surface area (Å²) in [6.07, 6.45) is 0.987. The smallest absolute Gasteiger partial charge is 0.286 e. The molecule has 1 heterocycles. The van der Waals surface area contributed by atoms with Gasteiger partial charge in [0, 0.05) is 12.2 Å². The lowest BCUT2D eigenvalue weighted by Gasteiger charge is -2.06. The molecule has 0 aliphatic rings. The van der Waals surface area contributed by atoms with Crippen LogP contribution >= 0.6 is 27.3 Å². The number of hydrogen-bond acceptors (Lipinski definition) is 6. The van der Waals surface area contributed by atoms with E-state index >= 15 is 0 Å². The third-order valence-corrected chi connectivity index (χ3v) is 4.05. The number of nitrogens with zero attached hydrogens (tertiary/aromatic N) is 2. The van der Waals surface area contributed by atoms with Crippen LogP contribution in [0, 0.1) is 0 Å². The van der Waals surface area contributed by atoms with Gasteiger partial charge >= 0.3 is 0 Å². The first-order chi connectivity index (χ1) is 10.1. The molecule has 1 aromatic heterocycles. The summed E-state index contributed by atoms with van der Waals surface area (Å²) >= 11 is 4.60. The zero-order valence-electron chi connectivity index (χ0n) is 11.6. The first-order valence-electron chi connectivity index (χ1n) is 6.36. The van der Waals surface area contributed by atoms with Gasteiger partial charge in [0.1, 0.15) is 5.75 Å². The highest BCUT2D eigenvalue weighted by Crippen LogP contribution is 2.28. The molecule has 0 saturated heterocycles. The van der Waals surface area contributed by atoms with E-state index in [4.69, 9.17) is 4.74 Å². The number of anilines is 2. The Morgan fingerprint density at radius 3 is 2.90 bits per heavy atom. The third-order valence-electron chi connectivity index (χ3n) is 2.56. The highest BCUT2D eigenvalue weighted by atomic mass is 79.9. The molecule has 8 heteroatoms. The number of halogens is 1. The van der Waals surface area contributed by atoms with E-state index in [1.807, 2.05) is 0 Å². The normalized spacial score (nSPS) is 10.2. The van der Waals surface area contributed by atoms with E-state index in [1.165, 1.54) is 11.3 Å². The molecule has 0 atom stereocenters. The molecule has 6 nitrogen and oxygen atoms in total. The van der Waals surface area contributed by atoms with Crippen molar-refractivity contribution in [1.82, 2.24) is 10.2 Å². The van der Waals surface area contributed by atoms with Crippen LogP contribution < -0.4 is 15.4 Å². The largest absolute Gasteiger partial charge is 0.496 e. The quantitative estimate of drug-likeness (QED) is 0.814. The number of carbonyl (C=O) groups excluding carboxylic acids is 1. The summed E-state index contributed by atoms with van der Waals surface area (Å²) < 4.78 is 5.91. The molecule has 112 valence electrons. The van der Waals surface area contributed by atoms with Gasteiger partial charge in [0.15, 0.2) is 0 Å². The Balaban J connectivity index is 2.03. The van der Waals surface area contributed by atoms with Crippen LogP contribution in [0.2, 0.25) is 0 Å². The minimum atomic E-state index is -0.283. The van der Waals surface area contributed by atoms with Gasteiger partial charge in [0.05, 0.1) is 11.6 Å². The Morgan fingerprint density at radius 2 is 2.24 bits per heavy atom. The first-order valence-corrected chi connectivity index (χ1v) is 7.97. The number of aromatic nitrogens is 2. The molecule has 0 spiro atoms. The fraction of sp³-hybridized carbons (Fsp3) is 0.308. The first kappa shape index (κ1) is 15.7. The minimum Gasteiger partial charge on any atom is -0.496 e. The van der Waals surface area contributed by atoms with E-state index < -0.39 is 0 Å². The van der Waals surface area contributed by atoms with Crippen LogP contribution in [0.3, 0.4) is 0 Å². The second kappa shape index (κ2) is 7.37. The van der Waals surface area contributed by atoms with Crippen molar-refractivity contribution in [2.75, 3.05) is 24.3 Å². The van der Waals surface area contributed by atoms with E-state index in [0.717, 1.165) is 17.4 Å². The molecule has 2 rings (SSSR count). The maximum Gasteiger partial charge on any atom is 0.286 e. The molecule has 21 heavy (non-hydrogen) atoms. The van der Waals surface area contributed by atoms with E-state index in [-0.39, 0.29) is 5.91 Å². The molecular formula is C13H15BrN4O2S. The van der Waals surface area contributed by atoms with Crippen LogP contribution in [0.15, 0.2) is 22.7 Å². The van der Waals surface area contributed by atoms with Crippen molar-refractivity contribution in [2.24, 2.45) is 0 Å². The summed E-state index contributed by atoms with van der Waals surface area (Å²) in [4.78, 5) is 12.1. The number of nitrogens with one attached hydrogen (secondary N) is 2. The second-order valence-electron chi connectivity index (χ2n) is 4.14. The summed E-state index contributed by atoms with van der Waals surface area (Å²) in [6, 6.07) is 5.31. The SMILES string of the molecule is CCCNc1nnc(C(=O)Nc2ccc(OC)c(Br)c2)s1. The Labute approximate surface area is 135 Å². The van der Waals surface area contributed by atoms with Gasteiger partial charge in [-0.25, -0.2) is 0 Å². The van der Waals surface area contributed by atoms with Gasteiger partial charge in [-0.15, -0.1) is 10.2 Å². The zero-order chi connectivity index (χ0) is 15.2. The van der Waals surface area contributed by atoms with Gasteiger partial charge < -0.3 is 15.4 Å². The highest BCUT2D eigenvalue weighted by Gasteiger charge is 2.13. The molecule has 0 radical (unpaired) electrons. The molecule has 0 saturated carbocycles. The van der Waals surface area contributed by atoms with E-state index in [9.17, 15) is 4.79 Å². The number of hydrogen-bond donors (Lipinski definition) is 2. The summed E-state index contributed by atoms with van der Waals surface area (Å²) in [6.45, 7) is 2.87. The standard InChI is InChI=1S/C13H15BrN4O2S/c1-3-6-15-13-18-17-12(21-13)11(19)16-8-4-5-10(20-2)9(14)7-8/h4-5,7H,3,6H2,1-2H3,(H,15,18)(H,16,19). The summed E-state index contributed by atoms with van der Waals surface area (Å²) in [5.41, 5.74) is 0.658. The topological polar surface area (TPSA) is 76.1 Å². The van der Waals surface area contributed by atoms with Crippen molar-refractivity contribution in [3.8, 4) is 5.75 Å². The lowest BCUT2D eigenvalue weighted by atomic mass is 10.3. The fourth-order valence-electron chi connectivity index (χ4n) is 1.55. The van der Waals surface area contributed by atoms with Crippen molar-refractivity contribution in [2.45, 2.75) is 13.3 Å². The van der Waals surface area contributed by atoms with Crippen molar-refractivity contribution < 1.29 is 9.53 Å². The van der Waals surface area contributed by atoms with Gasteiger partial charge in [-0.1, -0.05) is 18.3 Å². The molecule has 1 amide bonds. The van der Waals surface area contributed by atoms with Gasteiger partial charge in [0.2, 0.25) is 10.1 Å². The van der Waals surface area contributed by atoms with Crippen molar-refractivity contribution in [3.63, 3.8) is 0 Å². The number of rotatable bonds is 6. The lowest BCUT2D eigenvalue weighted by molar-refractivity contribution is 0.102. The second-order valence-corrected chi connectivity index (χ2v) is 5.97. The zero-order valence-corrected chi connectivity index (χ0v) is 14.0. The highest BCUT2D eigenvalue weighted by molar-refractivity contribution is 9.10. The number of carbonyl (C=O) groups is 1. The van der Waals surface area contributed by atoms with Crippen LogP contribution in [-0.4, -0.2) is 29.8 Å². The van der Waals surface area contributed by atoms with Crippen molar-refractivity contribution in [1.29, 1.82) is 0 Å². The third kappa shape index (κ3) is 4.15. The Morgan fingerprint density at radius 1 is 1.43 bits per heavy atom. The number of ether oxygens (including phenoxy) is 1. The number of benzene rings is 1. The molecule has 0 unspecified atom stereocenters. The predicted octanol–water partition coefficient (Wildman–Crippen LogP) is 3.38. The molecular weight excluding hydrogens is 356 g/mol. The molecule has 0 aliphatic carbocycles. The molecule has 2 aromatic rings. The Kier molecular flexibility index (Phi) is 5.51. The Bertz CT molecular complexity index is 632. The summed E-state index contributed by atoms with van der Waals surface area (Å²) in [5.74, 6) is 0.420. The minimum absolute atomic E-state index is 0.283. The summed E-state index contributed by atoms with van der Waals surface area (Å²) in [5, 5.41) is 14.7.